The SMILES string of the molecule is CC(=O)ON=Cc1ccc(-c2ccc(-c3nc(C(Cl)(Cl)Cl)nc(C(Cl)(Cl)Cl)n3)cc2)cc1. The summed E-state index contributed by atoms with van der Waals surface area (Å²) >= 11 is 35.5. The molecular weight excluding hydrogens is 541 g/mol. The Hall–Kier alpha value is -1.67. The summed E-state index contributed by atoms with van der Waals surface area (Å²) in [5, 5.41) is 3.59. The van der Waals surface area contributed by atoms with E-state index in [1.165, 1.54) is 13.1 Å². The zero-order chi connectivity index (χ0) is 23.5. The number of carbonyl (C=O) groups excluding carboxylic acids is 1. The molecule has 3 rings (SSSR count). The molecular formula is C20H12Cl6N4O2. The van der Waals surface area contributed by atoms with Crippen LogP contribution in [0.5, 0.6) is 0 Å². The van der Waals surface area contributed by atoms with Crippen LogP contribution in [-0.4, -0.2) is 27.1 Å². The molecule has 12 heteroatoms. The van der Waals surface area contributed by atoms with E-state index in [-0.39, 0.29) is 17.5 Å². The first-order valence-corrected chi connectivity index (χ1v) is 11.0. The first kappa shape index (κ1) is 25.0. The lowest BCUT2D eigenvalue weighted by atomic mass is 10.0. The smallest absolute Gasteiger partial charge is 0.319 e. The zero-order valence-corrected chi connectivity index (χ0v) is 20.6. The molecule has 0 N–H and O–H groups in total. The molecule has 0 fully saturated rings. The molecule has 0 saturated heterocycles. The lowest BCUT2D eigenvalue weighted by molar-refractivity contribution is -0.140. The van der Waals surface area contributed by atoms with Crippen LogP contribution in [0.25, 0.3) is 22.5 Å². The van der Waals surface area contributed by atoms with Crippen molar-refractivity contribution in [3.05, 3.63) is 65.7 Å². The van der Waals surface area contributed by atoms with Crippen LogP contribution in [0.1, 0.15) is 24.1 Å². The summed E-state index contributed by atoms with van der Waals surface area (Å²) in [6.07, 6.45) is 1.44. The van der Waals surface area contributed by atoms with Crippen molar-refractivity contribution < 1.29 is 9.63 Å². The third-order valence-corrected chi connectivity index (χ3v) is 4.93. The van der Waals surface area contributed by atoms with E-state index in [4.69, 9.17) is 69.6 Å². The Morgan fingerprint density at radius 2 is 1.22 bits per heavy atom. The molecule has 0 radical (unpaired) electrons. The molecule has 2 aromatic carbocycles. The fourth-order valence-corrected chi connectivity index (χ4v) is 3.00. The maximum Gasteiger partial charge on any atom is 0.331 e. The summed E-state index contributed by atoms with van der Waals surface area (Å²) < 4.78 is -3.86. The number of benzene rings is 2. The standard InChI is InChI=1S/C20H12Cl6N4O2/c1-11(31)32-27-10-12-2-4-13(5-3-12)14-6-8-15(9-7-14)16-28-17(19(21,22)23)30-18(29-16)20(24,25)26/h2-10H,1H3. The summed E-state index contributed by atoms with van der Waals surface area (Å²) in [6.45, 7) is 1.28. The van der Waals surface area contributed by atoms with Crippen molar-refractivity contribution in [1.82, 2.24) is 15.0 Å². The second kappa shape index (κ2) is 10.1. The largest absolute Gasteiger partial charge is 0.331 e. The molecule has 166 valence electrons. The first-order valence-electron chi connectivity index (χ1n) is 8.76. The van der Waals surface area contributed by atoms with E-state index < -0.39 is 13.6 Å². The van der Waals surface area contributed by atoms with Crippen molar-refractivity contribution in [3.8, 4) is 22.5 Å². The normalized spacial score (nSPS) is 12.2. The molecule has 32 heavy (non-hydrogen) atoms. The molecule has 3 aromatic rings. The number of halogens is 6. The van der Waals surface area contributed by atoms with Gasteiger partial charge in [0.2, 0.25) is 7.59 Å². The minimum atomic E-state index is -1.93. The van der Waals surface area contributed by atoms with Gasteiger partial charge in [-0.05, 0) is 16.7 Å². The summed E-state index contributed by atoms with van der Waals surface area (Å²) in [7, 11) is 0. The number of nitrogens with zero attached hydrogens (tertiary/aromatic N) is 4. The predicted octanol–water partition coefficient (Wildman–Crippen LogP) is 6.76. The van der Waals surface area contributed by atoms with E-state index in [2.05, 4.69) is 24.9 Å². The summed E-state index contributed by atoms with van der Waals surface area (Å²) in [5.41, 5.74) is 3.25. The molecule has 0 saturated carbocycles. The van der Waals surface area contributed by atoms with E-state index in [1.807, 2.05) is 36.4 Å². The quantitative estimate of drug-likeness (QED) is 0.155. The van der Waals surface area contributed by atoms with Gasteiger partial charge in [-0.1, -0.05) is 123 Å². The second-order valence-electron chi connectivity index (χ2n) is 6.32. The molecule has 1 aromatic heterocycles. The molecule has 0 unspecified atom stereocenters. The van der Waals surface area contributed by atoms with Gasteiger partial charge in [0.25, 0.3) is 0 Å². The molecule has 1 heterocycles. The molecule has 0 amide bonds. The predicted molar refractivity (Wildman–Crippen MR) is 129 cm³/mol. The summed E-state index contributed by atoms with van der Waals surface area (Å²) in [5.74, 6) is -0.628. The van der Waals surface area contributed by atoms with Crippen LogP contribution in [-0.2, 0) is 17.2 Å². The van der Waals surface area contributed by atoms with Crippen LogP contribution in [0.15, 0.2) is 53.7 Å². The van der Waals surface area contributed by atoms with Gasteiger partial charge in [-0.2, -0.15) is 0 Å². The third kappa shape index (κ3) is 6.67. The van der Waals surface area contributed by atoms with Crippen molar-refractivity contribution in [2.75, 3.05) is 0 Å². The highest BCUT2D eigenvalue weighted by molar-refractivity contribution is 6.67. The van der Waals surface area contributed by atoms with E-state index in [0.717, 1.165) is 16.7 Å². The molecule has 0 spiro atoms. The highest BCUT2D eigenvalue weighted by atomic mass is 35.6. The number of aromatic nitrogens is 3. The number of alkyl halides is 6. The fraction of sp³-hybridized carbons (Fsp3) is 0.150. The Bertz CT molecular complexity index is 1110. The van der Waals surface area contributed by atoms with Gasteiger partial charge < -0.3 is 4.84 Å². The van der Waals surface area contributed by atoms with E-state index in [1.54, 1.807) is 12.1 Å². The zero-order valence-electron chi connectivity index (χ0n) is 16.1. The summed E-state index contributed by atoms with van der Waals surface area (Å²) in [6, 6.07) is 14.8. The van der Waals surface area contributed by atoms with Crippen LogP contribution >= 0.6 is 69.6 Å². The van der Waals surface area contributed by atoms with Crippen LogP contribution < -0.4 is 0 Å². The van der Waals surface area contributed by atoms with Gasteiger partial charge in [0.1, 0.15) is 0 Å². The Morgan fingerprint density at radius 1 is 0.781 bits per heavy atom. The van der Waals surface area contributed by atoms with E-state index >= 15 is 0 Å². The van der Waals surface area contributed by atoms with Crippen molar-refractivity contribution in [2.45, 2.75) is 14.5 Å². The number of hydrogen-bond acceptors (Lipinski definition) is 6. The first-order chi connectivity index (χ1) is 14.9. The Labute approximate surface area is 213 Å². The minimum Gasteiger partial charge on any atom is -0.319 e. The van der Waals surface area contributed by atoms with Gasteiger partial charge in [0.05, 0.1) is 6.21 Å². The Morgan fingerprint density at radius 3 is 1.66 bits per heavy atom. The van der Waals surface area contributed by atoms with E-state index in [9.17, 15) is 4.79 Å². The van der Waals surface area contributed by atoms with Crippen LogP contribution in [0, 0.1) is 0 Å². The average molecular weight is 553 g/mol. The maximum absolute atomic E-state index is 10.8. The minimum absolute atomic E-state index is 0.163. The van der Waals surface area contributed by atoms with Gasteiger partial charge >= 0.3 is 5.97 Å². The highest BCUT2D eigenvalue weighted by Gasteiger charge is 2.34. The van der Waals surface area contributed by atoms with Crippen LogP contribution in [0.2, 0.25) is 0 Å². The van der Waals surface area contributed by atoms with Crippen molar-refractivity contribution in [2.24, 2.45) is 5.16 Å². The number of oxime groups is 1. The van der Waals surface area contributed by atoms with E-state index in [0.29, 0.717) is 5.56 Å². The molecule has 0 bridgehead atoms. The topological polar surface area (TPSA) is 77.3 Å². The molecule has 6 nitrogen and oxygen atoms in total. The van der Waals surface area contributed by atoms with Gasteiger partial charge in [-0.15, -0.1) is 0 Å². The van der Waals surface area contributed by atoms with Gasteiger partial charge in [-0.3, -0.25) is 0 Å². The molecule has 0 aliphatic rings. The van der Waals surface area contributed by atoms with Crippen LogP contribution in [0.3, 0.4) is 0 Å². The highest BCUT2D eigenvalue weighted by Crippen LogP contribution is 2.40. The summed E-state index contributed by atoms with van der Waals surface area (Å²) in [4.78, 5) is 27.6. The maximum atomic E-state index is 10.8. The van der Waals surface area contributed by atoms with Crippen molar-refractivity contribution >= 4 is 81.8 Å². The molecule has 0 aliphatic carbocycles. The van der Waals surface area contributed by atoms with Gasteiger partial charge in [0.15, 0.2) is 17.5 Å². The molecule has 0 aliphatic heterocycles. The second-order valence-corrected chi connectivity index (χ2v) is 10.9. The van der Waals surface area contributed by atoms with Crippen molar-refractivity contribution in [1.29, 1.82) is 0 Å². The van der Waals surface area contributed by atoms with Gasteiger partial charge in [-0.25, -0.2) is 19.7 Å². The Balaban J connectivity index is 1.89. The number of rotatable bonds is 4. The third-order valence-electron chi connectivity index (χ3n) is 3.91. The lowest BCUT2D eigenvalue weighted by Crippen LogP contribution is -2.16. The number of carbonyl (C=O) groups is 1. The average Bonchev–Trinajstić information content (AvgIpc) is 2.72. The van der Waals surface area contributed by atoms with Gasteiger partial charge in [0, 0.05) is 12.5 Å². The lowest BCUT2D eigenvalue weighted by Gasteiger charge is -2.15. The monoisotopic (exact) mass is 550 g/mol. The van der Waals surface area contributed by atoms with Crippen LogP contribution in [0.4, 0.5) is 0 Å². The number of hydrogen-bond donors (Lipinski definition) is 0. The fourth-order valence-electron chi connectivity index (χ4n) is 2.49. The Kier molecular flexibility index (Phi) is 7.86. The molecule has 0 atom stereocenters. The van der Waals surface area contributed by atoms with Crippen molar-refractivity contribution in [3.63, 3.8) is 0 Å².